The van der Waals surface area contributed by atoms with Gasteiger partial charge in [0.2, 0.25) is 5.91 Å². The molecule has 2 N–H and O–H groups in total. The summed E-state index contributed by atoms with van der Waals surface area (Å²) in [6, 6.07) is 13.9. The Morgan fingerprint density at radius 1 is 1.00 bits per heavy atom. The van der Waals surface area contributed by atoms with Crippen molar-refractivity contribution in [3.63, 3.8) is 0 Å². The number of phenols is 1. The number of rotatable bonds is 13. The minimum absolute atomic E-state index is 0.145. The normalized spacial score (nSPS) is 11.6. The van der Waals surface area contributed by atoms with Crippen LogP contribution in [0.3, 0.4) is 0 Å². The second kappa shape index (κ2) is 13.9. The first-order chi connectivity index (χ1) is 15.5. The monoisotopic (exact) mass is 480 g/mol. The Hall–Kier alpha value is -2.44. The van der Waals surface area contributed by atoms with Gasteiger partial charge in [-0.25, -0.2) is 4.79 Å². The van der Waals surface area contributed by atoms with Gasteiger partial charge in [-0.05, 0) is 48.2 Å². The molecule has 0 fully saturated rings. The number of hydrogen-bond acceptors (Lipinski definition) is 5. The van der Waals surface area contributed by atoms with Gasteiger partial charge in [0.25, 0.3) is 0 Å². The van der Waals surface area contributed by atoms with Gasteiger partial charge in [-0.2, -0.15) is 0 Å². The van der Waals surface area contributed by atoms with Crippen LogP contribution in [-0.4, -0.2) is 55.0 Å². The van der Waals surface area contributed by atoms with E-state index in [0.29, 0.717) is 31.0 Å². The molecular formula is C24H30Cl2N2O4. The molecule has 0 bridgehead atoms. The standard InChI is InChI=1S/C24H30Cl2N2O4/c1-32-24(31)22(17-19-7-11-21(29)12-8-19)27-23(30)4-2-3-18-5-9-20(10-6-18)28(15-13-25)16-14-26/h5-12,22,29H,2-4,13-17H2,1H3,(H,27,30)/t22-/m0/s1. The zero-order valence-corrected chi connectivity index (χ0v) is 19.7. The molecule has 2 aromatic carbocycles. The highest BCUT2D eigenvalue weighted by Crippen LogP contribution is 2.17. The van der Waals surface area contributed by atoms with Crippen LogP contribution in [0.2, 0.25) is 0 Å². The highest BCUT2D eigenvalue weighted by molar-refractivity contribution is 6.18. The maximum absolute atomic E-state index is 12.4. The van der Waals surface area contributed by atoms with E-state index in [4.69, 9.17) is 27.9 Å². The Bertz CT molecular complexity index is 838. The fourth-order valence-corrected chi connectivity index (χ4v) is 3.78. The lowest BCUT2D eigenvalue weighted by atomic mass is 10.0. The molecule has 32 heavy (non-hydrogen) atoms. The van der Waals surface area contributed by atoms with Crippen LogP contribution in [0.5, 0.6) is 5.75 Å². The molecule has 0 aliphatic heterocycles. The van der Waals surface area contributed by atoms with E-state index in [1.165, 1.54) is 7.11 Å². The number of hydrogen-bond donors (Lipinski definition) is 2. The third kappa shape index (κ3) is 8.60. The Balaban J connectivity index is 1.85. The van der Waals surface area contributed by atoms with Crippen molar-refractivity contribution in [3.05, 3.63) is 59.7 Å². The van der Waals surface area contributed by atoms with E-state index in [2.05, 4.69) is 10.2 Å². The fourth-order valence-electron chi connectivity index (χ4n) is 3.37. The first kappa shape index (κ1) is 25.8. The molecule has 0 unspecified atom stereocenters. The zero-order valence-electron chi connectivity index (χ0n) is 18.2. The SMILES string of the molecule is COC(=O)[C@H](Cc1ccc(O)cc1)NC(=O)CCCc1ccc(N(CCCl)CCCl)cc1. The number of benzene rings is 2. The Kier molecular flexibility index (Phi) is 11.2. The van der Waals surface area contributed by atoms with Crippen LogP contribution in [0.4, 0.5) is 5.69 Å². The highest BCUT2D eigenvalue weighted by atomic mass is 35.5. The second-order valence-corrected chi connectivity index (χ2v) is 8.15. The predicted molar refractivity (Wildman–Crippen MR) is 129 cm³/mol. The molecule has 2 rings (SSSR count). The summed E-state index contributed by atoms with van der Waals surface area (Å²) in [5.74, 6) is 0.512. The fraction of sp³-hybridized carbons (Fsp3) is 0.417. The van der Waals surface area contributed by atoms with Crippen molar-refractivity contribution < 1.29 is 19.4 Å². The van der Waals surface area contributed by atoms with E-state index in [-0.39, 0.29) is 11.7 Å². The lowest BCUT2D eigenvalue weighted by Crippen LogP contribution is -2.43. The van der Waals surface area contributed by atoms with E-state index in [1.54, 1.807) is 24.3 Å². The summed E-state index contributed by atoms with van der Waals surface area (Å²) in [6.07, 6.45) is 2.00. The van der Waals surface area contributed by atoms with Crippen LogP contribution in [-0.2, 0) is 27.2 Å². The smallest absolute Gasteiger partial charge is 0.328 e. The molecule has 1 amide bonds. The van der Waals surface area contributed by atoms with Crippen LogP contribution in [0.15, 0.2) is 48.5 Å². The number of aromatic hydroxyl groups is 1. The van der Waals surface area contributed by atoms with Crippen molar-refractivity contribution in [2.75, 3.05) is 36.9 Å². The van der Waals surface area contributed by atoms with Crippen molar-refractivity contribution in [1.29, 1.82) is 0 Å². The minimum Gasteiger partial charge on any atom is -0.508 e. The number of phenolic OH excluding ortho intramolecular Hbond substituents is 1. The molecule has 0 spiro atoms. The van der Waals surface area contributed by atoms with Gasteiger partial charge < -0.3 is 20.1 Å². The molecule has 174 valence electrons. The first-order valence-corrected chi connectivity index (χ1v) is 11.6. The van der Waals surface area contributed by atoms with E-state index in [1.807, 2.05) is 24.3 Å². The van der Waals surface area contributed by atoms with Crippen molar-refractivity contribution in [2.24, 2.45) is 0 Å². The third-order valence-electron chi connectivity index (χ3n) is 5.08. The number of anilines is 1. The van der Waals surface area contributed by atoms with Gasteiger partial charge in [-0.15, -0.1) is 23.2 Å². The first-order valence-electron chi connectivity index (χ1n) is 10.6. The predicted octanol–water partition coefficient (Wildman–Crippen LogP) is 3.90. The molecule has 0 saturated carbocycles. The average molecular weight is 481 g/mol. The van der Waals surface area contributed by atoms with Gasteiger partial charge >= 0.3 is 5.97 Å². The van der Waals surface area contributed by atoms with Crippen molar-refractivity contribution in [3.8, 4) is 5.75 Å². The topological polar surface area (TPSA) is 78.9 Å². The number of nitrogens with zero attached hydrogens (tertiary/aromatic N) is 1. The number of carbonyl (C=O) groups is 2. The minimum atomic E-state index is -0.772. The van der Waals surface area contributed by atoms with Gasteiger partial charge in [-0.1, -0.05) is 24.3 Å². The maximum Gasteiger partial charge on any atom is 0.328 e. The van der Waals surface area contributed by atoms with E-state index in [0.717, 1.165) is 36.3 Å². The Morgan fingerprint density at radius 2 is 1.59 bits per heavy atom. The zero-order chi connectivity index (χ0) is 23.3. The number of aryl methyl sites for hydroxylation is 1. The Morgan fingerprint density at radius 3 is 2.16 bits per heavy atom. The summed E-state index contributed by atoms with van der Waals surface area (Å²) in [5.41, 5.74) is 3.02. The molecule has 0 radical (unpaired) electrons. The van der Waals surface area contributed by atoms with Gasteiger partial charge in [0.15, 0.2) is 0 Å². The largest absolute Gasteiger partial charge is 0.508 e. The quantitative estimate of drug-likeness (QED) is 0.335. The Labute approximate surface area is 199 Å². The number of methoxy groups -OCH3 is 1. The molecule has 0 aliphatic rings. The molecule has 1 atom stereocenters. The molecule has 0 saturated heterocycles. The second-order valence-electron chi connectivity index (χ2n) is 7.40. The maximum atomic E-state index is 12.4. The van der Waals surface area contributed by atoms with Crippen LogP contribution < -0.4 is 10.2 Å². The van der Waals surface area contributed by atoms with Gasteiger partial charge in [0, 0.05) is 43.4 Å². The van der Waals surface area contributed by atoms with E-state index < -0.39 is 12.0 Å². The van der Waals surface area contributed by atoms with Crippen molar-refractivity contribution in [2.45, 2.75) is 31.7 Å². The van der Waals surface area contributed by atoms with Crippen molar-refractivity contribution in [1.82, 2.24) is 5.32 Å². The molecule has 0 aromatic heterocycles. The summed E-state index contributed by atoms with van der Waals surface area (Å²) in [7, 11) is 1.30. The summed E-state index contributed by atoms with van der Waals surface area (Å²) < 4.78 is 4.82. The van der Waals surface area contributed by atoms with Crippen LogP contribution in [0, 0.1) is 0 Å². The van der Waals surface area contributed by atoms with E-state index >= 15 is 0 Å². The number of carbonyl (C=O) groups excluding carboxylic acids is 2. The highest BCUT2D eigenvalue weighted by Gasteiger charge is 2.21. The molecule has 8 heteroatoms. The number of esters is 1. The van der Waals surface area contributed by atoms with Gasteiger partial charge in [0.1, 0.15) is 11.8 Å². The van der Waals surface area contributed by atoms with E-state index in [9.17, 15) is 14.7 Å². The number of nitrogens with one attached hydrogen (secondary N) is 1. The molecular weight excluding hydrogens is 451 g/mol. The third-order valence-corrected chi connectivity index (χ3v) is 5.41. The average Bonchev–Trinajstić information content (AvgIpc) is 2.80. The number of amides is 1. The van der Waals surface area contributed by atoms with Gasteiger partial charge in [-0.3, -0.25) is 4.79 Å². The van der Waals surface area contributed by atoms with Crippen LogP contribution in [0.1, 0.15) is 24.0 Å². The summed E-state index contributed by atoms with van der Waals surface area (Å²) >= 11 is 11.7. The summed E-state index contributed by atoms with van der Waals surface area (Å²) in [6.45, 7) is 1.47. The number of halogens is 2. The number of ether oxygens (including phenoxy) is 1. The van der Waals surface area contributed by atoms with Crippen molar-refractivity contribution >= 4 is 40.8 Å². The number of alkyl halides is 2. The molecule has 2 aromatic rings. The lowest BCUT2D eigenvalue weighted by molar-refractivity contribution is -0.145. The van der Waals surface area contributed by atoms with Crippen LogP contribution in [0.25, 0.3) is 0 Å². The lowest BCUT2D eigenvalue weighted by Gasteiger charge is -2.23. The molecule has 0 aliphatic carbocycles. The van der Waals surface area contributed by atoms with Gasteiger partial charge in [0.05, 0.1) is 7.11 Å². The van der Waals surface area contributed by atoms with Crippen LogP contribution >= 0.6 is 23.2 Å². The molecule has 0 heterocycles. The summed E-state index contributed by atoms with van der Waals surface area (Å²) in [4.78, 5) is 26.6. The molecule has 6 nitrogen and oxygen atoms in total. The summed E-state index contributed by atoms with van der Waals surface area (Å²) in [5, 5.41) is 12.2.